The lowest BCUT2D eigenvalue weighted by Crippen LogP contribution is -2.59. The summed E-state index contributed by atoms with van der Waals surface area (Å²) in [7, 11) is 0. The van der Waals surface area contributed by atoms with Crippen molar-refractivity contribution >= 4 is 17.1 Å². The first kappa shape index (κ1) is 19.6. The van der Waals surface area contributed by atoms with Crippen LogP contribution in [0.25, 0.3) is 28.2 Å². The Balaban J connectivity index is 1.36. The van der Waals surface area contributed by atoms with Crippen LogP contribution in [0.3, 0.4) is 0 Å². The van der Waals surface area contributed by atoms with Crippen LogP contribution in [0, 0.1) is 11.3 Å². The van der Waals surface area contributed by atoms with Crippen molar-refractivity contribution in [1.29, 1.82) is 5.26 Å². The van der Waals surface area contributed by atoms with Gasteiger partial charge in [0.05, 0.1) is 48.0 Å². The zero-order valence-electron chi connectivity index (χ0n) is 16.5. The fourth-order valence-corrected chi connectivity index (χ4v) is 3.51. The number of hydrogen-bond donors (Lipinski definition) is 1. The summed E-state index contributed by atoms with van der Waals surface area (Å²) >= 11 is 0. The number of aromatic nitrogens is 6. The van der Waals surface area contributed by atoms with E-state index in [1.807, 2.05) is 18.2 Å². The van der Waals surface area contributed by atoms with Crippen LogP contribution in [0.1, 0.15) is 5.56 Å². The molecule has 0 unspecified atom stereocenters. The molecule has 0 bridgehead atoms. The van der Waals surface area contributed by atoms with E-state index in [2.05, 4.69) is 20.4 Å². The van der Waals surface area contributed by atoms with Crippen molar-refractivity contribution in [3.63, 3.8) is 0 Å². The number of likely N-dealkylation sites (tertiary alicyclic amines) is 1. The fraction of sp³-hybridized carbons (Fsp3) is 0.200. The number of nitrogens with zero attached hydrogens (tertiary/aromatic N) is 8. The number of halogens is 2. The van der Waals surface area contributed by atoms with Crippen LogP contribution in [0.15, 0.2) is 42.9 Å². The van der Waals surface area contributed by atoms with Gasteiger partial charge in [-0.3, -0.25) is 9.78 Å². The van der Waals surface area contributed by atoms with Crippen molar-refractivity contribution in [2.45, 2.75) is 12.5 Å². The van der Waals surface area contributed by atoms with Crippen molar-refractivity contribution in [1.82, 2.24) is 34.5 Å². The van der Waals surface area contributed by atoms with Gasteiger partial charge < -0.3 is 10.6 Å². The summed E-state index contributed by atoms with van der Waals surface area (Å²) in [5.74, 6) is -3.27. The number of rotatable bonds is 4. The number of nitriles is 1. The Kier molecular flexibility index (Phi) is 4.33. The number of carbonyl (C=O) groups is 1. The van der Waals surface area contributed by atoms with Gasteiger partial charge in [0.25, 0.3) is 5.92 Å². The molecule has 0 spiro atoms. The third-order valence-corrected chi connectivity index (χ3v) is 5.14. The van der Waals surface area contributed by atoms with E-state index in [1.165, 1.54) is 17.1 Å². The molecule has 10 nitrogen and oxygen atoms in total. The fourth-order valence-electron chi connectivity index (χ4n) is 3.51. The minimum atomic E-state index is -2.82. The molecule has 160 valence electrons. The van der Waals surface area contributed by atoms with Crippen LogP contribution in [-0.4, -0.2) is 59.4 Å². The number of amides is 1. The summed E-state index contributed by atoms with van der Waals surface area (Å²) in [6.45, 7) is -1.35. The lowest BCUT2D eigenvalue weighted by molar-refractivity contribution is -0.166. The Morgan fingerprint density at radius 3 is 2.75 bits per heavy atom. The molecule has 1 amide bonds. The standard InChI is InChI=1S/C20H15F2N9O/c21-20(22)10-29(11-20)19(32)9-30-8-17(27-28-30)14-7-25-16(4-15(14)24)18-2-1-13-3-12(5-23)6-26-31(13)18/h1-4,6-8H,9-11H2,(H2,24,25). The van der Waals surface area contributed by atoms with Gasteiger partial charge in [0.2, 0.25) is 5.91 Å². The minimum Gasteiger partial charge on any atom is -0.398 e. The Hall–Kier alpha value is -4.40. The summed E-state index contributed by atoms with van der Waals surface area (Å²) in [5.41, 5.74) is 10.00. The van der Waals surface area contributed by atoms with Crippen molar-refractivity contribution in [3.8, 4) is 28.7 Å². The third-order valence-electron chi connectivity index (χ3n) is 5.14. The van der Waals surface area contributed by atoms with Crippen molar-refractivity contribution in [2.24, 2.45) is 0 Å². The Bertz CT molecular complexity index is 1390. The van der Waals surface area contributed by atoms with Crippen LogP contribution in [-0.2, 0) is 11.3 Å². The minimum absolute atomic E-state index is 0.193. The highest BCUT2D eigenvalue weighted by Crippen LogP contribution is 2.29. The Morgan fingerprint density at radius 2 is 2.03 bits per heavy atom. The average molecular weight is 435 g/mol. The van der Waals surface area contributed by atoms with E-state index >= 15 is 0 Å². The molecule has 1 fully saturated rings. The number of alkyl halides is 2. The topological polar surface area (TPSA) is 131 Å². The van der Waals surface area contributed by atoms with Crippen LogP contribution < -0.4 is 5.73 Å². The van der Waals surface area contributed by atoms with Gasteiger partial charge in [-0.05, 0) is 24.3 Å². The molecule has 0 saturated carbocycles. The van der Waals surface area contributed by atoms with Crippen LogP contribution in [0.4, 0.5) is 14.5 Å². The van der Waals surface area contributed by atoms with Crippen molar-refractivity contribution in [3.05, 3.63) is 48.4 Å². The van der Waals surface area contributed by atoms with Crippen LogP contribution in [0.5, 0.6) is 0 Å². The molecule has 4 aromatic heterocycles. The number of nitrogens with two attached hydrogens (primary N) is 1. The highest BCUT2D eigenvalue weighted by atomic mass is 19.3. The van der Waals surface area contributed by atoms with Crippen LogP contribution in [0.2, 0.25) is 0 Å². The molecule has 0 aromatic carbocycles. The molecule has 0 radical (unpaired) electrons. The highest BCUT2D eigenvalue weighted by molar-refractivity contribution is 5.78. The molecule has 0 aliphatic carbocycles. The largest absolute Gasteiger partial charge is 0.398 e. The number of fused-ring (bicyclic) bond motifs is 1. The van der Waals surface area contributed by atoms with E-state index in [0.717, 1.165) is 10.4 Å². The summed E-state index contributed by atoms with van der Waals surface area (Å²) in [6.07, 6.45) is 4.52. The summed E-state index contributed by atoms with van der Waals surface area (Å²) in [4.78, 5) is 17.6. The molecule has 5 rings (SSSR count). The van der Waals surface area contributed by atoms with Gasteiger partial charge in [0, 0.05) is 17.4 Å². The Morgan fingerprint density at radius 1 is 1.22 bits per heavy atom. The smallest absolute Gasteiger partial charge is 0.282 e. The number of nitrogen functional groups attached to an aromatic ring is 1. The Labute approximate surface area is 179 Å². The molecule has 2 N–H and O–H groups in total. The number of anilines is 1. The van der Waals surface area contributed by atoms with Gasteiger partial charge >= 0.3 is 0 Å². The van der Waals surface area contributed by atoms with Crippen LogP contribution >= 0.6 is 0 Å². The highest BCUT2D eigenvalue weighted by Gasteiger charge is 2.46. The number of carbonyl (C=O) groups excluding carboxylic acids is 1. The zero-order valence-corrected chi connectivity index (χ0v) is 16.5. The molecule has 4 aromatic rings. The normalized spacial score (nSPS) is 14.8. The van der Waals surface area contributed by atoms with Crippen molar-refractivity contribution in [2.75, 3.05) is 18.8 Å². The quantitative estimate of drug-likeness (QED) is 0.515. The molecular formula is C20H15F2N9O. The van der Waals surface area contributed by atoms with E-state index in [4.69, 9.17) is 11.0 Å². The maximum absolute atomic E-state index is 12.9. The number of pyridine rings is 1. The molecule has 0 atom stereocenters. The first-order valence-electron chi connectivity index (χ1n) is 9.53. The lowest BCUT2D eigenvalue weighted by atomic mass is 10.1. The van der Waals surface area contributed by atoms with Gasteiger partial charge in [-0.1, -0.05) is 5.21 Å². The second kappa shape index (κ2) is 7.09. The molecule has 1 aliphatic rings. The van der Waals surface area contributed by atoms with E-state index in [0.29, 0.717) is 33.9 Å². The van der Waals surface area contributed by atoms with E-state index in [9.17, 15) is 13.6 Å². The monoisotopic (exact) mass is 435 g/mol. The zero-order chi connectivity index (χ0) is 22.5. The third kappa shape index (κ3) is 3.39. The molecule has 1 saturated heterocycles. The molecular weight excluding hydrogens is 420 g/mol. The maximum Gasteiger partial charge on any atom is 0.282 e. The maximum atomic E-state index is 12.9. The molecule has 32 heavy (non-hydrogen) atoms. The SMILES string of the molecule is N#Cc1cnn2c(-c3cc(N)c(-c4cn(CC(=O)N5CC(F)(F)C5)nn4)cn3)ccc2c1. The van der Waals surface area contributed by atoms with Gasteiger partial charge in [0.1, 0.15) is 18.3 Å². The summed E-state index contributed by atoms with van der Waals surface area (Å²) in [5, 5.41) is 21.2. The first-order valence-corrected chi connectivity index (χ1v) is 9.53. The summed E-state index contributed by atoms with van der Waals surface area (Å²) < 4.78 is 28.8. The van der Waals surface area contributed by atoms with E-state index < -0.39 is 24.9 Å². The van der Waals surface area contributed by atoms with Gasteiger partial charge in [-0.2, -0.15) is 10.4 Å². The van der Waals surface area contributed by atoms with E-state index in [1.54, 1.807) is 22.8 Å². The second-order valence-corrected chi connectivity index (χ2v) is 7.48. The number of hydrogen-bond acceptors (Lipinski definition) is 7. The summed E-state index contributed by atoms with van der Waals surface area (Å²) in [6, 6.07) is 9.09. The van der Waals surface area contributed by atoms with Gasteiger partial charge in [-0.15, -0.1) is 5.10 Å². The predicted molar refractivity (Wildman–Crippen MR) is 108 cm³/mol. The predicted octanol–water partition coefficient (Wildman–Crippen LogP) is 1.59. The lowest BCUT2D eigenvalue weighted by Gasteiger charge is -2.38. The molecule has 12 heteroatoms. The van der Waals surface area contributed by atoms with E-state index in [-0.39, 0.29) is 6.54 Å². The van der Waals surface area contributed by atoms with Gasteiger partial charge in [0.15, 0.2) is 0 Å². The second-order valence-electron chi connectivity index (χ2n) is 7.48. The first-order chi connectivity index (χ1) is 15.3. The average Bonchev–Trinajstić information content (AvgIpc) is 3.38. The van der Waals surface area contributed by atoms with Crippen molar-refractivity contribution < 1.29 is 13.6 Å². The molecule has 1 aliphatic heterocycles. The molecule has 5 heterocycles. The van der Waals surface area contributed by atoms with Gasteiger partial charge in [-0.25, -0.2) is 18.0 Å².